The molecule has 3 heterocycles. The maximum Gasteiger partial charge on any atom is 0.294 e. The molecule has 0 radical (unpaired) electrons. The molecule has 34 heavy (non-hydrogen) atoms. The van der Waals surface area contributed by atoms with Gasteiger partial charge in [0.05, 0.1) is 11.7 Å². The molecule has 2 saturated carbocycles. The van der Waals surface area contributed by atoms with Gasteiger partial charge < -0.3 is 24.2 Å². The number of piperidine rings is 1. The number of carbonyl (C=O) groups excluding carboxylic acids is 4. The third-order valence-corrected chi connectivity index (χ3v) is 8.11. The van der Waals surface area contributed by atoms with Crippen molar-refractivity contribution in [2.75, 3.05) is 20.4 Å². The van der Waals surface area contributed by atoms with Crippen LogP contribution in [0.5, 0.6) is 0 Å². The van der Waals surface area contributed by atoms with E-state index >= 15 is 0 Å². The summed E-state index contributed by atoms with van der Waals surface area (Å²) in [6.07, 6.45) is 10.5. The third kappa shape index (κ3) is 3.96. The van der Waals surface area contributed by atoms with Crippen LogP contribution in [0.25, 0.3) is 0 Å². The number of hydrogen-bond donors (Lipinski definition) is 0. The lowest BCUT2D eigenvalue weighted by Gasteiger charge is -2.52. The lowest BCUT2D eigenvalue weighted by Crippen LogP contribution is -2.68. The van der Waals surface area contributed by atoms with E-state index in [1.165, 1.54) is 12.0 Å². The molecule has 2 aliphatic carbocycles. The van der Waals surface area contributed by atoms with E-state index in [0.29, 0.717) is 31.4 Å². The lowest BCUT2D eigenvalue weighted by atomic mass is 9.85. The first kappa shape index (κ1) is 24.9. The zero-order valence-electron chi connectivity index (χ0n) is 19.3. The van der Waals surface area contributed by atoms with Crippen molar-refractivity contribution in [3.05, 3.63) is 11.9 Å². The molecule has 3 aliphatic heterocycles. The van der Waals surface area contributed by atoms with E-state index in [1.807, 2.05) is 0 Å². The third-order valence-electron chi connectivity index (χ3n) is 8.11. The van der Waals surface area contributed by atoms with Gasteiger partial charge in [-0.3, -0.25) is 19.2 Å². The Morgan fingerprint density at radius 2 is 1.68 bits per heavy atom. The van der Waals surface area contributed by atoms with E-state index in [0.717, 1.165) is 44.9 Å². The minimum Gasteiger partial charge on any atom is -0.359 e. The SMILES string of the molecule is C.COCOC1(C(=O)C(=O)N2C3CCCC2C2=CN(C4CCCC4)C(=O)CN2C3=O)CCCC1. The van der Waals surface area contributed by atoms with Gasteiger partial charge in [0.2, 0.25) is 11.8 Å². The van der Waals surface area contributed by atoms with Gasteiger partial charge in [0.15, 0.2) is 0 Å². The second-order valence-corrected chi connectivity index (χ2v) is 9.97. The number of rotatable bonds is 6. The van der Waals surface area contributed by atoms with Crippen molar-refractivity contribution in [3.63, 3.8) is 0 Å². The highest BCUT2D eigenvalue weighted by Gasteiger charge is 2.55. The number of Topliss-reactive ketones (excluding diaryl/α,β-unsaturated/α-hetero) is 1. The number of nitrogens with zero attached hydrogens (tertiary/aromatic N) is 3. The number of piperazine rings is 1. The zero-order chi connectivity index (χ0) is 23.2. The average molecular weight is 476 g/mol. The van der Waals surface area contributed by atoms with E-state index in [4.69, 9.17) is 9.47 Å². The Kier molecular flexibility index (Phi) is 7.14. The van der Waals surface area contributed by atoms with Gasteiger partial charge in [0.25, 0.3) is 11.7 Å². The van der Waals surface area contributed by atoms with Crippen LogP contribution in [0.2, 0.25) is 0 Å². The molecular weight excluding hydrogens is 438 g/mol. The van der Waals surface area contributed by atoms with Gasteiger partial charge in [0, 0.05) is 19.4 Å². The molecule has 3 amide bonds. The number of hydrogen-bond acceptors (Lipinski definition) is 6. The second kappa shape index (κ2) is 9.77. The quantitative estimate of drug-likeness (QED) is 0.432. The predicted molar refractivity (Wildman–Crippen MR) is 123 cm³/mol. The van der Waals surface area contributed by atoms with Crippen molar-refractivity contribution >= 4 is 23.5 Å². The van der Waals surface area contributed by atoms with Gasteiger partial charge in [-0.05, 0) is 57.8 Å². The fraction of sp³-hybridized carbons (Fsp3) is 0.760. The topological polar surface area (TPSA) is 96.5 Å². The fourth-order valence-corrected chi connectivity index (χ4v) is 6.42. The van der Waals surface area contributed by atoms with Crippen LogP contribution < -0.4 is 0 Å². The minimum absolute atomic E-state index is 0. The standard InChI is InChI=1S/C24H33N3O6.CH4/c1-32-15-33-24(11-4-5-12-24)21(29)23(31)27-17-9-6-10-18(27)22(30)26-14-20(28)25(13-19(17)26)16-7-2-3-8-16;/h13,16-18H,2-12,14-15H2,1H3;1H4. The summed E-state index contributed by atoms with van der Waals surface area (Å²) < 4.78 is 10.8. The fourth-order valence-electron chi connectivity index (χ4n) is 6.42. The van der Waals surface area contributed by atoms with E-state index in [9.17, 15) is 19.2 Å². The summed E-state index contributed by atoms with van der Waals surface area (Å²) in [6.45, 7) is -0.0345. The zero-order valence-corrected chi connectivity index (χ0v) is 19.3. The van der Waals surface area contributed by atoms with E-state index in [2.05, 4.69) is 0 Å². The lowest BCUT2D eigenvalue weighted by molar-refractivity contribution is -0.176. The van der Waals surface area contributed by atoms with Crippen LogP contribution in [0, 0.1) is 0 Å². The van der Waals surface area contributed by atoms with Crippen LogP contribution in [0.1, 0.15) is 78.1 Å². The van der Waals surface area contributed by atoms with Crippen LogP contribution in [0.15, 0.2) is 11.9 Å². The second-order valence-electron chi connectivity index (χ2n) is 9.97. The molecule has 9 nitrogen and oxygen atoms in total. The summed E-state index contributed by atoms with van der Waals surface area (Å²) >= 11 is 0. The first-order chi connectivity index (χ1) is 16.0. The molecule has 188 valence electrons. The molecule has 2 saturated heterocycles. The summed E-state index contributed by atoms with van der Waals surface area (Å²) in [4.78, 5) is 58.3. The Balaban J connectivity index is 0.00000274. The van der Waals surface area contributed by atoms with Crippen molar-refractivity contribution in [2.24, 2.45) is 0 Å². The van der Waals surface area contributed by atoms with Gasteiger partial charge in [-0.2, -0.15) is 0 Å². The maximum atomic E-state index is 13.7. The molecule has 0 aromatic rings. The van der Waals surface area contributed by atoms with Crippen molar-refractivity contribution < 1.29 is 28.7 Å². The predicted octanol–water partition coefficient (Wildman–Crippen LogP) is 2.34. The maximum absolute atomic E-state index is 13.7. The molecule has 4 fully saturated rings. The number of fused-ring (bicyclic) bond motifs is 4. The van der Waals surface area contributed by atoms with Gasteiger partial charge in [-0.1, -0.05) is 20.3 Å². The van der Waals surface area contributed by atoms with Crippen molar-refractivity contribution in [2.45, 2.75) is 102 Å². The molecule has 2 unspecified atom stereocenters. The minimum atomic E-state index is -1.17. The molecule has 0 aromatic heterocycles. The number of amides is 3. The Bertz CT molecular complexity index is 874. The summed E-state index contributed by atoms with van der Waals surface area (Å²) in [6, 6.07) is -0.932. The number of carbonyl (C=O) groups is 4. The van der Waals surface area contributed by atoms with Crippen molar-refractivity contribution in [1.29, 1.82) is 0 Å². The van der Waals surface area contributed by atoms with Gasteiger partial charge >= 0.3 is 0 Å². The molecule has 2 atom stereocenters. The monoisotopic (exact) mass is 475 g/mol. The molecule has 5 rings (SSSR count). The molecule has 9 heteroatoms. The smallest absolute Gasteiger partial charge is 0.294 e. The molecule has 0 aromatic carbocycles. The summed E-state index contributed by atoms with van der Waals surface area (Å²) in [5.41, 5.74) is -0.490. The van der Waals surface area contributed by atoms with Crippen LogP contribution in [0.4, 0.5) is 0 Å². The first-order valence-corrected chi connectivity index (χ1v) is 12.3. The normalized spacial score (nSPS) is 28.5. The molecule has 0 N–H and O–H groups in total. The molecule has 2 bridgehead atoms. The van der Waals surface area contributed by atoms with Gasteiger partial charge in [-0.15, -0.1) is 0 Å². The highest BCUT2D eigenvalue weighted by Crippen LogP contribution is 2.41. The van der Waals surface area contributed by atoms with Gasteiger partial charge in [-0.25, -0.2) is 0 Å². The number of ether oxygens (including phenoxy) is 2. The van der Waals surface area contributed by atoms with Crippen molar-refractivity contribution in [3.8, 4) is 0 Å². The molecule has 5 aliphatic rings. The first-order valence-electron chi connectivity index (χ1n) is 12.3. The highest BCUT2D eigenvalue weighted by atomic mass is 16.7. The van der Waals surface area contributed by atoms with Crippen LogP contribution in [-0.4, -0.2) is 82.4 Å². The van der Waals surface area contributed by atoms with Crippen LogP contribution >= 0.6 is 0 Å². The number of ketones is 1. The Hall–Kier alpha value is -2.26. The van der Waals surface area contributed by atoms with E-state index < -0.39 is 23.3 Å². The summed E-state index contributed by atoms with van der Waals surface area (Å²) in [5, 5.41) is 0. The average Bonchev–Trinajstić information content (AvgIpc) is 3.53. The van der Waals surface area contributed by atoms with Crippen molar-refractivity contribution in [1.82, 2.24) is 14.7 Å². The molecule has 0 spiro atoms. The highest BCUT2D eigenvalue weighted by molar-refractivity contribution is 6.39. The van der Waals surface area contributed by atoms with Gasteiger partial charge in [0.1, 0.15) is 25.0 Å². The molecular formula is C25H37N3O6. The van der Waals surface area contributed by atoms with E-state index in [-0.39, 0.29) is 44.7 Å². The summed E-state index contributed by atoms with van der Waals surface area (Å²) in [5.74, 6) is -1.53. The largest absolute Gasteiger partial charge is 0.359 e. The Morgan fingerprint density at radius 3 is 2.35 bits per heavy atom. The van der Waals surface area contributed by atoms with E-state index in [1.54, 1.807) is 16.0 Å². The Labute approximate surface area is 201 Å². The van der Waals surface area contributed by atoms with Crippen LogP contribution in [0.3, 0.4) is 0 Å². The number of methoxy groups -OCH3 is 1. The van der Waals surface area contributed by atoms with Crippen LogP contribution in [-0.2, 0) is 28.7 Å². The Morgan fingerprint density at radius 1 is 1.00 bits per heavy atom. The summed E-state index contributed by atoms with van der Waals surface area (Å²) in [7, 11) is 1.49.